The molecule has 3 nitrogen and oxygen atoms in total. The second kappa shape index (κ2) is 4.09. The molecule has 0 aliphatic carbocycles. The highest BCUT2D eigenvalue weighted by molar-refractivity contribution is 9.09. The number of halogens is 1. The number of carbonyl (C=O) groups is 1. The van der Waals surface area contributed by atoms with E-state index >= 15 is 0 Å². The molecule has 74 valence electrons. The molecule has 0 bridgehead atoms. The van der Waals surface area contributed by atoms with Gasteiger partial charge in [0.2, 0.25) is 5.91 Å². The number of hydrogen-bond donors (Lipinski definition) is 0. The highest BCUT2D eigenvalue weighted by Crippen LogP contribution is 2.19. The smallest absolute Gasteiger partial charge is 0.224 e. The summed E-state index contributed by atoms with van der Waals surface area (Å²) in [6.07, 6.45) is 4.15. The highest BCUT2D eigenvalue weighted by atomic mass is 79.9. The number of alkyl halides is 1. The first-order chi connectivity index (χ1) is 6.75. The van der Waals surface area contributed by atoms with Gasteiger partial charge in [-0.25, -0.2) is 0 Å². The van der Waals surface area contributed by atoms with Gasteiger partial charge < -0.3 is 4.90 Å². The number of likely N-dealkylation sites (tertiary alicyclic amines) is 1. The molecule has 14 heavy (non-hydrogen) atoms. The van der Waals surface area contributed by atoms with Crippen LogP contribution in [0.25, 0.3) is 0 Å². The molecule has 1 amide bonds. The third-order valence-electron chi connectivity index (χ3n) is 2.26. The van der Waals surface area contributed by atoms with Crippen LogP contribution in [0.5, 0.6) is 0 Å². The molecule has 1 saturated heterocycles. The molecule has 1 atom stereocenters. The summed E-state index contributed by atoms with van der Waals surface area (Å²) in [4.78, 5) is 17.7. The van der Waals surface area contributed by atoms with Crippen molar-refractivity contribution in [2.24, 2.45) is 0 Å². The zero-order chi connectivity index (χ0) is 9.97. The van der Waals surface area contributed by atoms with Gasteiger partial charge in [-0.3, -0.25) is 9.78 Å². The van der Waals surface area contributed by atoms with E-state index in [1.54, 1.807) is 12.4 Å². The molecular formula is C10H11BrN2O. The molecular weight excluding hydrogens is 244 g/mol. The van der Waals surface area contributed by atoms with Gasteiger partial charge in [0.1, 0.15) is 0 Å². The number of carbonyl (C=O) groups excluding carboxylic acids is 1. The Morgan fingerprint density at radius 1 is 1.64 bits per heavy atom. The predicted octanol–water partition coefficient (Wildman–Crippen LogP) is 1.58. The van der Waals surface area contributed by atoms with E-state index < -0.39 is 0 Å². The molecule has 0 saturated carbocycles. The van der Waals surface area contributed by atoms with Crippen LogP contribution in [0.3, 0.4) is 0 Å². The summed E-state index contributed by atoms with van der Waals surface area (Å²) in [6, 6.07) is 3.88. The van der Waals surface area contributed by atoms with Crippen molar-refractivity contribution in [3.8, 4) is 0 Å². The Labute approximate surface area is 91.3 Å². The minimum Gasteiger partial charge on any atom is -0.337 e. The lowest BCUT2D eigenvalue weighted by Crippen LogP contribution is -2.24. The van der Waals surface area contributed by atoms with Gasteiger partial charge in [0.25, 0.3) is 0 Å². The van der Waals surface area contributed by atoms with Gasteiger partial charge in [-0.15, -0.1) is 0 Å². The number of aromatic nitrogens is 1. The average Bonchev–Trinajstić information content (AvgIpc) is 2.47. The van der Waals surface area contributed by atoms with Crippen molar-refractivity contribution in [1.82, 2.24) is 9.88 Å². The summed E-state index contributed by atoms with van der Waals surface area (Å²) < 4.78 is 0. The van der Waals surface area contributed by atoms with Crippen LogP contribution in [0, 0.1) is 0 Å². The van der Waals surface area contributed by atoms with E-state index in [-0.39, 0.29) is 5.91 Å². The van der Waals surface area contributed by atoms with E-state index in [1.807, 2.05) is 17.0 Å². The van der Waals surface area contributed by atoms with Crippen LogP contribution >= 0.6 is 15.9 Å². The standard InChI is InChI=1S/C10H11BrN2O/c11-9-4-10(14)13(7-9)6-8-2-1-3-12-5-8/h1-3,5,9H,4,6-7H2. The van der Waals surface area contributed by atoms with Crippen LogP contribution < -0.4 is 0 Å². The van der Waals surface area contributed by atoms with Crippen LogP contribution in [-0.4, -0.2) is 27.2 Å². The van der Waals surface area contributed by atoms with Gasteiger partial charge in [-0.1, -0.05) is 22.0 Å². The summed E-state index contributed by atoms with van der Waals surface area (Å²) in [5.41, 5.74) is 1.09. The molecule has 0 N–H and O–H groups in total. The van der Waals surface area contributed by atoms with E-state index in [9.17, 15) is 4.79 Å². The van der Waals surface area contributed by atoms with E-state index in [2.05, 4.69) is 20.9 Å². The molecule has 1 aliphatic rings. The lowest BCUT2D eigenvalue weighted by atomic mass is 10.3. The minimum atomic E-state index is 0.218. The van der Waals surface area contributed by atoms with Crippen molar-refractivity contribution < 1.29 is 4.79 Å². The van der Waals surface area contributed by atoms with Gasteiger partial charge in [0, 0.05) is 36.7 Å². The summed E-state index contributed by atoms with van der Waals surface area (Å²) in [6.45, 7) is 1.47. The van der Waals surface area contributed by atoms with Gasteiger partial charge >= 0.3 is 0 Å². The molecule has 0 spiro atoms. The fourth-order valence-electron chi connectivity index (χ4n) is 1.59. The zero-order valence-electron chi connectivity index (χ0n) is 7.69. The van der Waals surface area contributed by atoms with Crippen molar-refractivity contribution in [3.05, 3.63) is 30.1 Å². The van der Waals surface area contributed by atoms with E-state index in [0.717, 1.165) is 12.1 Å². The molecule has 1 unspecified atom stereocenters. The van der Waals surface area contributed by atoms with Crippen molar-refractivity contribution in [2.45, 2.75) is 17.8 Å². The van der Waals surface area contributed by atoms with Crippen molar-refractivity contribution in [2.75, 3.05) is 6.54 Å². The molecule has 2 heterocycles. The lowest BCUT2D eigenvalue weighted by molar-refractivity contribution is -0.128. The third kappa shape index (κ3) is 2.12. The fraction of sp³-hybridized carbons (Fsp3) is 0.400. The highest BCUT2D eigenvalue weighted by Gasteiger charge is 2.27. The molecule has 1 aromatic heterocycles. The SMILES string of the molecule is O=C1CC(Br)CN1Cc1cccnc1. The van der Waals surface area contributed by atoms with Crippen LogP contribution in [0.15, 0.2) is 24.5 Å². The fourth-order valence-corrected chi connectivity index (χ4v) is 2.22. The number of rotatable bonds is 2. The van der Waals surface area contributed by atoms with Crippen molar-refractivity contribution in [3.63, 3.8) is 0 Å². The molecule has 1 aliphatic heterocycles. The predicted molar refractivity (Wildman–Crippen MR) is 57.0 cm³/mol. The lowest BCUT2D eigenvalue weighted by Gasteiger charge is -2.15. The maximum absolute atomic E-state index is 11.5. The van der Waals surface area contributed by atoms with Crippen LogP contribution in [0.2, 0.25) is 0 Å². The Morgan fingerprint density at radius 2 is 2.50 bits per heavy atom. The van der Waals surface area contributed by atoms with Gasteiger partial charge in [-0.05, 0) is 11.6 Å². The van der Waals surface area contributed by atoms with E-state index in [0.29, 0.717) is 17.8 Å². The monoisotopic (exact) mass is 254 g/mol. The third-order valence-corrected chi connectivity index (χ3v) is 2.88. The van der Waals surface area contributed by atoms with Crippen molar-refractivity contribution >= 4 is 21.8 Å². The number of amides is 1. The Morgan fingerprint density at radius 3 is 3.07 bits per heavy atom. The summed E-state index contributed by atoms with van der Waals surface area (Å²) in [5, 5.41) is 0. The first kappa shape index (κ1) is 9.65. The molecule has 4 heteroatoms. The second-order valence-electron chi connectivity index (χ2n) is 3.44. The molecule has 1 aromatic rings. The van der Waals surface area contributed by atoms with Gasteiger partial charge in [0.05, 0.1) is 0 Å². The second-order valence-corrected chi connectivity index (χ2v) is 4.73. The van der Waals surface area contributed by atoms with E-state index in [1.165, 1.54) is 0 Å². The minimum absolute atomic E-state index is 0.218. The maximum Gasteiger partial charge on any atom is 0.224 e. The zero-order valence-corrected chi connectivity index (χ0v) is 9.27. The van der Waals surface area contributed by atoms with Crippen LogP contribution in [0.4, 0.5) is 0 Å². The molecule has 1 fully saturated rings. The maximum atomic E-state index is 11.5. The largest absolute Gasteiger partial charge is 0.337 e. The Bertz CT molecular complexity index is 328. The normalized spacial score (nSPS) is 21.6. The molecule has 0 aromatic carbocycles. The first-order valence-electron chi connectivity index (χ1n) is 4.56. The molecule has 2 rings (SSSR count). The van der Waals surface area contributed by atoms with Gasteiger partial charge in [0.15, 0.2) is 0 Å². The number of hydrogen-bond acceptors (Lipinski definition) is 2. The summed E-state index contributed by atoms with van der Waals surface area (Å²) >= 11 is 3.45. The van der Waals surface area contributed by atoms with E-state index in [4.69, 9.17) is 0 Å². The number of nitrogens with zero attached hydrogens (tertiary/aromatic N) is 2. The average molecular weight is 255 g/mol. The van der Waals surface area contributed by atoms with Gasteiger partial charge in [-0.2, -0.15) is 0 Å². The molecule has 0 radical (unpaired) electrons. The van der Waals surface area contributed by atoms with Crippen LogP contribution in [0.1, 0.15) is 12.0 Å². The Kier molecular flexibility index (Phi) is 2.82. The Hall–Kier alpha value is -0.900. The quantitative estimate of drug-likeness (QED) is 0.751. The van der Waals surface area contributed by atoms with Crippen LogP contribution in [-0.2, 0) is 11.3 Å². The topological polar surface area (TPSA) is 33.2 Å². The summed E-state index contributed by atoms with van der Waals surface area (Å²) in [7, 11) is 0. The summed E-state index contributed by atoms with van der Waals surface area (Å²) in [5.74, 6) is 0.218. The Balaban J connectivity index is 2.02. The first-order valence-corrected chi connectivity index (χ1v) is 5.48. The number of pyridine rings is 1. The van der Waals surface area contributed by atoms with Crippen molar-refractivity contribution in [1.29, 1.82) is 0 Å².